The van der Waals surface area contributed by atoms with E-state index in [-0.39, 0.29) is 6.61 Å². The average Bonchev–Trinajstić information content (AvgIpc) is 2.69. The van der Waals surface area contributed by atoms with Crippen molar-refractivity contribution in [2.75, 3.05) is 13.1 Å². The van der Waals surface area contributed by atoms with Gasteiger partial charge >= 0.3 is 0 Å². The molecule has 1 N–H and O–H groups in total. The van der Waals surface area contributed by atoms with Gasteiger partial charge in [-0.05, 0) is 36.1 Å². The molecule has 1 aliphatic heterocycles. The van der Waals surface area contributed by atoms with E-state index in [9.17, 15) is 13.5 Å². The summed E-state index contributed by atoms with van der Waals surface area (Å²) in [4.78, 5) is 0.865. The molecule has 2 unspecified atom stereocenters. The lowest BCUT2D eigenvalue weighted by Crippen LogP contribution is -2.42. The van der Waals surface area contributed by atoms with Gasteiger partial charge in [0.15, 0.2) is 0 Å². The first-order chi connectivity index (χ1) is 8.86. The van der Waals surface area contributed by atoms with Crippen LogP contribution in [0.5, 0.6) is 0 Å². The fraction of sp³-hybridized carbons (Fsp3) is 0.692. The second kappa shape index (κ2) is 5.52. The van der Waals surface area contributed by atoms with Gasteiger partial charge in [-0.25, -0.2) is 8.42 Å². The van der Waals surface area contributed by atoms with Crippen LogP contribution in [0, 0.1) is 18.8 Å². The zero-order valence-corrected chi connectivity index (χ0v) is 13.2. The van der Waals surface area contributed by atoms with E-state index >= 15 is 0 Å². The molecule has 0 aliphatic carbocycles. The quantitative estimate of drug-likeness (QED) is 0.931. The maximum Gasteiger partial charge on any atom is 0.244 e. The Morgan fingerprint density at radius 2 is 1.95 bits per heavy atom. The highest BCUT2D eigenvalue weighted by Gasteiger charge is 2.34. The van der Waals surface area contributed by atoms with Gasteiger partial charge in [0.2, 0.25) is 10.0 Å². The Kier molecular flexibility index (Phi) is 4.35. The Morgan fingerprint density at radius 3 is 2.47 bits per heavy atom. The molecule has 6 heteroatoms. The first-order valence-electron chi connectivity index (χ1n) is 6.54. The maximum absolute atomic E-state index is 12.8. The van der Waals surface area contributed by atoms with E-state index < -0.39 is 10.0 Å². The van der Waals surface area contributed by atoms with Gasteiger partial charge < -0.3 is 5.11 Å². The topological polar surface area (TPSA) is 57.6 Å². The minimum atomic E-state index is -3.47. The van der Waals surface area contributed by atoms with Crippen molar-refractivity contribution in [3.05, 3.63) is 15.8 Å². The predicted octanol–water partition coefficient (Wildman–Crippen LogP) is 2.22. The van der Waals surface area contributed by atoms with Crippen molar-refractivity contribution in [3.63, 3.8) is 0 Å². The molecular weight excluding hydrogens is 282 g/mol. The smallest absolute Gasteiger partial charge is 0.244 e. The number of thiophene rings is 1. The molecule has 4 nitrogen and oxygen atoms in total. The minimum Gasteiger partial charge on any atom is -0.391 e. The summed E-state index contributed by atoms with van der Waals surface area (Å²) in [5.74, 6) is 0.769. The molecule has 0 radical (unpaired) electrons. The molecule has 1 aliphatic rings. The number of aliphatic hydroxyl groups excluding tert-OH is 1. The number of hydrogen-bond donors (Lipinski definition) is 1. The van der Waals surface area contributed by atoms with Crippen molar-refractivity contribution >= 4 is 21.4 Å². The van der Waals surface area contributed by atoms with Gasteiger partial charge in [0.25, 0.3) is 0 Å². The Hall–Kier alpha value is -0.430. The summed E-state index contributed by atoms with van der Waals surface area (Å²) in [6.45, 7) is 6.91. The molecular formula is C13H21NO3S2. The van der Waals surface area contributed by atoms with Gasteiger partial charge in [0.1, 0.15) is 4.90 Å². The van der Waals surface area contributed by atoms with Crippen molar-refractivity contribution in [1.29, 1.82) is 0 Å². The normalized spacial score (nSPS) is 25.7. The zero-order chi connectivity index (χ0) is 14.2. The molecule has 0 spiro atoms. The van der Waals surface area contributed by atoms with Crippen molar-refractivity contribution in [3.8, 4) is 0 Å². The molecule has 1 aromatic heterocycles. The molecule has 2 heterocycles. The third-order valence-corrected chi connectivity index (χ3v) is 6.85. The Labute approximate surface area is 119 Å². The number of aliphatic hydroxyl groups is 1. The highest BCUT2D eigenvalue weighted by Crippen LogP contribution is 2.32. The van der Waals surface area contributed by atoms with E-state index in [0.717, 1.165) is 12.0 Å². The standard InChI is InChI=1S/C13H21NO3S2/c1-9-4-10(2)6-14(5-9)19(16,17)13-11(3)8-18-12(13)7-15/h8-10,15H,4-7H2,1-3H3. The number of aryl methyl sites for hydroxylation is 1. The van der Waals surface area contributed by atoms with Crippen LogP contribution in [-0.2, 0) is 16.6 Å². The number of piperidine rings is 1. The van der Waals surface area contributed by atoms with Crippen LogP contribution in [0.1, 0.15) is 30.7 Å². The molecule has 0 aromatic carbocycles. The lowest BCUT2D eigenvalue weighted by Gasteiger charge is -2.34. The van der Waals surface area contributed by atoms with E-state index in [0.29, 0.717) is 34.7 Å². The highest BCUT2D eigenvalue weighted by atomic mass is 32.2. The predicted molar refractivity (Wildman–Crippen MR) is 76.7 cm³/mol. The first-order valence-corrected chi connectivity index (χ1v) is 8.86. The molecule has 0 bridgehead atoms. The summed E-state index contributed by atoms with van der Waals surface area (Å²) in [5, 5.41) is 11.1. The SMILES string of the molecule is Cc1csc(CO)c1S(=O)(=O)N1CC(C)CC(C)C1. The van der Waals surface area contributed by atoms with Crippen LogP contribution < -0.4 is 0 Å². The monoisotopic (exact) mass is 303 g/mol. The molecule has 1 saturated heterocycles. The van der Waals surface area contributed by atoms with Gasteiger partial charge in [0.05, 0.1) is 11.5 Å². The zero-order valence-electron chi connectivity index (χ0n) is 11.6. The lowest BCUT2D eigenvalue weighted by molar-refractivity contribution is 0.222. The van der Waals surface area contributed by atoms with Crippen LogP contribution in [0.4, 0.5) is 0 Å². The molecule has 2 rings (SSSR count). The van der Waals surface area contributed by atoms with E-state index in [1.807, 2.05) is 0 Å². The van der Waals surface area contributed by atoms with Crippen LogP contribution in [0.15, 0.2) is 10.3 Å². The number of nitrogens with zero attached hydrogens (tertiary/aromatic N) is 1. The minimum absolute atomic E-state index is 0.216. The summed E-state index contributed by atoms with van der Waals surface area (Å²) in [7, 11) is -3.47. The van der Waals surface area contributed by atoms with E-state index in [1.165, 1.54) is 11.3 Å². The molecule has 1 fully saturated rings. The summed E-state index contributed by atoms with van der Waals surface area (Å²) in [5.41, 5.74) is 0.736. The van der Waals surface area contributed by atoms with E-state index in [2.05, 4.69) is 13.8 Å². The van der Waals surface area contributed by atoms with Crippen LogP contribution in [0.2, 0.25) is 0 Å². The summed E-state index contributed by atoms with van der Waals surface area (Å²) >= 11 is 1.31. The summed E-state index contributed by atoms with van der Waals surface area (Å²) in [6.07, 6.45) is 1.07. The van der Waals surface area contributed by atoms with Crippen molar-refractivity contribution in [2.45, 2.75) is 38.7 Å². The summed E-state index contributed by atoms with van der Waals surface area (Å²) in [6, 6.07) is 0. The Bertz CT molecular complexity index is 540. The fourth-order valence-electron chi connectivity index (χ4n) is 2.87. The second-order valence-corrected chi connectivity index (χ2v) is 8.44. The van der Waals surface area contributed by atoms with Gasteiger partial charge in [0, 0.05) is 13.1 Å². The summed E-state index contributed by atoms with van der Waals surface area (Å²) < 4.78 is 27.1. The third-order valence-electron chi connectivity index (χ3n) is 3.57. The van der Waals surface area contributed by atoms with Crippen LogP contribution in [-0.4, -0.2) is 30.9 Å². The number of hydrogen-bond acceptors (Lipinski definition) is 4. The van der Waals surface area contributed by atoms with Crippen LogP contribution in [0.3, 0.4) is 0 Å². The highest BCUT2D eigenvalue weighted by molar-refractivity contribution is 7.89. The Morgan fingerprint density at radius 1 is 1.37 bits per heavy atom. The van der Waals surface area contributed by atoms with Crippen LogP contribution >= 0.6 is 11.3 Å². The molecule has 0 amide bonds. The van der Waals surface area contributed by atoms with Gasteiger partial charge in [-0.3, -0.25) is 0 Å². The van der Waals surface area contributed by atoms with Crippen LogP contribution in [0.25, 0.3) is 0 Å². The van der Waals surface area contributed by atoms with E-state index in [4.69, 9.17) is 0 Å². The van der Waals surface area contributed by atoms with Crippen molar-refractivity contribution in [2.24, 2.45) is 11.8 Å². The third kappa shape index (κ3) is 2.86. The number of rotatable bonds is 3. The molecule has 0 saturated carbocycles. The molecule has 108 valence electrons. The lowest BCUT2D eigenvalue weighted by atomic mass is 9.94. The second-order valence-electron chi connectivity index (χ2n) is 5.60. The molecule has 19 heavy (non-hydrogen) atoms. The molecule has 1 aromatic rings. The van der Waals surface area contributed by atoms with Crippen molar-refractivity contribution in [1.82, 2.24) is 4.31 Å². The van der Waals surface area contributed by atoms with E-state index in [1.54, 1.807) is 16.6 Å². The van der Waals surface area contributed by atoms with Gasteiger partial charge in [-0.1, -0.05) is 13.8 Å². The largest absolute Gasteiger partial charge is 0.391 e. The number of sulfonamides is 1. The fourth-order valence-corrected chi connectivity index (χ4v) is 6.17. The van der Waals surface area contributed by atoms with Gasteiger partial charge in [-0.15, -0.1) is 11.3 Å². The van der Waals surface area contributed by atoms with Gasteiger partial charge in [-0.2, -0.15) is 4.31 Å². The Balaban J connectivity index is 2.39. The first kappa shape index (κ1) is 15.0. The molecule has 2 atom stereocenters. The maximum atomic E-state index is 12.8. The average molecular weight is 303 g/mol. The van der Waals surface area contributed by atoms with Crippen molar-refractivity contribution < 1.29 is 13.5 Å².